The number of fused-ring (bicyclic) bond motifs is 1. The topological polar surface area (TPSA) is 42.2 Å². The van der Waals surface area contributed by atoms with Gasteiger partial charge in [0.05, 0.1) is 5.56 Å². The fourth-order valence-electron chi connectivity index (χ4n) is 2.83. The molecule has 2 aromatic carbocycles. The summed E-state index contributed by atoms with van der Waals surface area (Å²) in [7, 11) is 1.59. The first-order valence-electron chi connectivity index (χ1n) is 7.59. The third kappa shape index (κ3) is 2.61. The fourth-order valence-corrected chi connectivity index (χ4v) is 2.83. The second kappa shape index (κ2) is 5.88. The van der Waals surface area contributed by atoms with Gasteiger partial charge in [-0.05, 0) is 60.9 Å². The van der Waals surface area contributed by atoms with E-state index < -0.39 is 0 Å². The van der Waals surface area contributed by atoms with Crippen LogP contribution in [0, 0.1) is 12.7 Å². The molecule has 0 unspecified atom stereocenters. The summed E-state index contributed by atoms with van der Waals surface area (Å²) < 4.78 is 19.1. The molecule has 3 nitrogen and oxygen atoms in total. The maximum atomic E-state index is 13.2. The third-order valence-electron chi connectivity index (χ3n) is 4.09. The number of amides is 1. The molecular formula is C19H18FNO2. The van der Waals surface area contributed by atoms with Gasteiger partial charge in [0.15, 0.2) is 0 Å². The molecule has 1 aromatic heterocycles. The molecule has 1 amide bonds. The minimum Gasteiger partial charge on any atom is -0.455 e. The molecule has 0 aliphatic carbocycles. The zero-order chi connectivity index (χ0) is 16.6. The number of rotatable bonds is 3. The maximum Gasteiger partial charge on any atom is 0.255 e. The number of carbonyl (C=O) groups is 1. The fraction of sp³-hybridized carbons (Fsp3) is 0.211. The molecule has 0 spiro atoms. The first kappa shape index (κ1) is 15.3. The molecule has 0 radical (unpaired) electrons. The first-order valence-corrected chi connectivity index (χ1v) is 7.59. The van der Waals surface area contributed by atoms with E-state index in [9.17, 15) is 9.18 Å². The van der Waals surface area contributed by atoms with E-state index in [1.54, 1.807) is 19.2 Å². The van der Waals surface area contributed by atoms with Crippen LogP contribution in [0.2, 0.25) is 0 Å². The molecule has 118 valence electrons. The molecular weight excluding hydrogens is 293 g/mol. The van der Waals surface area contributed by atoms with Crippen molar-refractivity contribution < 1.29 is 13.6 Å². The molecule has 3 aromatic rings. The van der Waals surface area contributed by atoms with Gasteiger partial charge in [0, 0.05) is 18.0 Å². The van der Waals surface area contributed by atoms with Crippen molar-refractivity contribution in [2.75, 3.05) is 7.05 Å². The number of hydrogen-bond acceptors (Lipinski definition) is 2. The second-order valence-electron chi connectivity index (χ2n) is 5.52. The van der Waals surface area contributed by atoms with E-state index >= 15 is 0 Å². The minimum atomic E-state index is -0.324. The van der Waals surface area contributed by atoms with Gasteiger partial charge in [-0.25, -0.2) is 4.39 Å². The van der Waals surface area contributed by atoms with Gasteiger partial charge in [0.1, 0.15) is 17.2 Å². The molecule has 23 heavy (non-hydrogen) atoms. The van der Waals surface area contributed by atoms with Crippen LogP contribution in [-0.4, -0.2) is 13.0 Å². The lowest BCUT2D eigenvalue weighted by Gasteiger charge is -2.04. The monoisotopic (exact) mass is 311 g/mol. The van der Waals surface area contributed by atoms with Gasteiger partial charge in [-0.2, -0.15) is 0 Å². The number of carbonyl (C=O) groups excluding carboxylic acids is 1. The van der Waals surface area contributed by atoms with Gasteiger partial charge in [0.2, 0.25) is 0 Å². The molecule has 0 fully saturated rings. The lowest BCUT2D eigenvalue weighted by Crippen LogP contribution is -2.18. The highest BCUT2D eigenvalue weighted by Crippen LogP contribution is 2.35. The van der Waals surface area contributed by atoms with Crippen LogP contribution >= 0.6 is 0 Å². The van der Waals surface area contributed by atoms with E-state index in [0.717, 1.165) is 17.4 Å². The number of furan rings is 1. The van der Waals surface area contributed by atoms with Crippen LogP contribution in [0.1, 0.15) is 28.4 Å². The van der Waals surface area contributed by atoms with Crippen molar-refractivity contribution >= 4 is 16.9 Å². The van der Waals surface area contributed by atoms with Crippen LogP contribution in [-0.2, 0) is 6.42 Å². The van der Waals surface area contributed by atoms with E-state index in [1.165, 1.54) is 17.7 Å². The summed E-state index contributed by atoms with van der Waals surface area (Å²) in [6, 6.07) is 9.91. The lowest BCUT2D eigenvalue weighted by atomic mass is 10.00. The van der Waals surface area contributed by atoms with Crippen molar-refractivity contribution in [3.63, 3.8) is 0 Å². The number of aryl methyl sites for hydroxylation is 2. The van der Waals surface area contributed by atoms with Gasteiger partial charge in [-0.3, -0.25) is 4.79 Å². The summed E-state index contributed by atoms with van der Waals surface area (Å²) in [4.78, 5) is 12.4. The lowest BCUT2D eigenvalue weighted by molar-refractivity contribution is 0.0964. The number of halogens is 1. The summed E-state index contributed by atoms with van der Waals surface area (Å²) in [5, 5.41) is 3.44. The SMILES string of the molecule is CCc1cc2c(C(=O)NC)c(-c3ccc(F)cc3)oc2cc1C. The number of nitrogens with one attached hydrogen (secondary N) is 1. The molecule has 0 bridgehead atoms. The zero-order valence-electron chi connectivity index (χ0n) is 13.4. The average Bonchev–Trinajstić information content (AvgIpc) is 2.92. The summed E-state index contributed by atoms with van der Waals surface area (Å²) in [5.74, 6) is -0.0727. The predicted molar refractivity (Wildman–Crippen MR) is 89.1 cm³/mol. The largest absolute Gasteiger partial charge is 0.455 e. The van der Waals surface area contributed by atoms with Crippen molar-refractivity contribution in [1.82, 2.24) is 5.32 Å². The highest BCUT2D eigenvalue weighted by Gasteiger charge is 2.22. The van der Waals surface area contributed by atoms with Crippen molar-refractivity contribution in [3.8, 4) is 11.3 Å². The average molecular weight is 311 g/mol. The Bertz CT molecular complexity index is 879. The van der Waals surface area contributed by atoms with Crippen LogP contribution in [0.15, 0.2) is 40.8 Å². The minimum absolute atomic E-state index is 0.214. The van der Waals surface area contributed by atoms with Gasteiger partial charge in [-0.1, -0.05) is 6.92 Å². The molecule has 0 aliphatic rings. The van der Waals surface area contributed by atoms with Crippen LogP contribution in [0.5, 0.6) is 0 Å². The zero-order valence-corrected chi connectivity index (χ0v) is 13.4. The quantitative estimate of drug-likeness (QED) is 0.775. The van der Waals surface area contributed by atoms with Crippen molar-refractivity contribution in [2.24, 2.45) is 0 Å². The molecule has 0 saturated carbocycles. The highest BCUT2D eigenvalue weighted by atomic mass is 19.1. The normalized spacial score (nSPS) is 11.0. The Hall–Kier alpha value is -2.62. The second-order valence-corrected chi connectivity index (χ2v) is 5.52. The highest BCUT2D eigenvalue weighted by molar-refractivity contribution is 6.11. The van der Waals surface area contributed by atoms with Crippen LogP contribution in [0.4, 0.5) is 4.39 Å². The Morgan fingerprint density at radius 1 is 1.22 bits per heavy atom. The van der Waals surface area contributed by atoms with E-state index in [0.29, 0.717) is 22.5 Å². The Labute approximate surface area is 134 Å². The Balaban J connectivity index is 2.32. The number of benzene rings is 2. The Morgan fingerprint density at radius 3 is 2.52 bits per heavy atom. The van der Waals surface area contributed by atoms with E-state index in [1.807, 2.05) is 19.1 Å². The van der Waals surface area contributed by atoms with Gasteiger partial charge in [-0.15, -0.1) is 0 Å². The molecule has 0 saturated heterocycles. The van der Waals surface area contributed by atoms with Crippen molar-refractivity contribution in [2.45, 2.75) is 20.3 Å². The first-order chi connectivity index (χ1) is 11.0. The summed E-state index contributed by atoms with van der Waals surface area (Å²) in [5.41, 5.74) is 4.13. The Kier molecular flexibility index (Phi) is 3.90. The Morgan fingerprint density at radius 2 is 1.91 bits per heavy atom. The van der Waals surface area contributed by atoms with Crippen molar-refractivity contribution in [3.05, 3.63) is 58.9 Å². The smallest absolute Gasteiger partial charge is 0.255 e. The van der Waals surface area contributed by atoms with Crippen LogP contribution in [0.25, 0.3) is 22.3 Å². The van der Waals surface area contributed by atoms with Crippen LogP contribution in [0.3, 0.4) is 0 Å². The van der Waals surface area contributed by atoms with E-state index in [-0.39, 0.29) is 11.7 Å². The summed E-state index contributed by atoms with van der Waals surface area (Å²) in [6.07, 6.45) is 0.881. The van der Waals surface area contributed by atoms with Gasteiger partial charge in [0.25, 0.3) is 5.91 Å². The van der Waals surface area contributed by atoms with E-state index in [4.69, 9.17) is 4.42 Å². The molecule has 4 heteroatoms. The predicted octanol–water partition coefficient (Wildman–Crippen LogP) is 4.47. The molecule has 0 aliphatic heterocycles. The summed E-state index contributed by atoms with van der Waals surface area (Å²) in [6.45, 7) is 4.10. The van der Waals surface area contributed by atoms with Gasteiger partial charge >= 0.3 is 0 Å². The molecule has 0 atom stereocenters. The van der Waals surface area contributed by atoms with Gasteiger partial charge < -0.3 is 9.73 Å². The maximum absolute atomic E-state index is 13.2. The third-order valence-corrected chi connectivity index (χ3v) is 4.09. The molecule has 1 heterocycles. The standard InChI is InChI=1S/C19H18FNO2/c1-4-12-10-15-16(9-11(12)2)23-18(17(15)19(22)21-3)13-5-7-14(20)8-6-13/h5-10H,4H2,1-3H3,(H,21,22). The van der Waals surface area contributed by atoms with E-state index in [2.05, 4.69) is 12.2 Å². The molecule has 1 N–H and O–H groups in total. The molecule has 3 rings (SSSR count). The van der Waals surface area contributed by atoms with Crippen molar-refractivity contribution in [1.29, 1.82) is 0 Å². The van der Waals surface area contributed by atoms with Crippen LogP contribution < -0.4 is 5.32 Å². The number of hydrogen-bond donors (Lipinski definition) is 1. The summed E-state index contributed by atoms with van der Waals surface area (Å²) >= 11 is 0.